The molecule has 144 valence electrons. The van der Waals surface area contributed by atoms with Gasteiger partial charge in [-0.3, -0.25) is 24.6 Å². The van der Waals surface area contributed by atoms with Crippen molar-refractivity contribution in [2.24, 2.45) is 0 Å². The van der Waals surface area contributed by atoms with Crippen LogP contribution in [0.5, 0.6) is 5.75 Å². The molecule has 0 saturated carbocycles. The quantitative estimate of drug-likeness (QED) is 0.601. The van der Waals surface area contributed by atoms with Gasteiger partial charge in [0.05, 0.1) is 16.5 Å². The number of rotatable bonds is 5. The van der Waals surface area contributed by atoms with Crippen molar-refractivity contribution in [3.8, 4) is 5.75 Å². The highest BCUT2D eigenvalue weighted by Gasteiger charge is 2.44. The van der Waals surface area contributed by atoms with E-state index in [2.05, 4.69) is 0 Å². The van der Waals surface area contributed by atoms with Gasteiger partial charge >= 0.3 is 5.69 Å². The number of benzene rings is 2. The van der Waals surface area contributed by atoms with Crippen molar-refractivity contribution in [2.75, 3.05) is 4.90 Å². The van der Waals surface area contributed by atoms with Gasteiger partial charge in [-0.25, -0.2) is 4.39 Å². The maximum atomic E-state index is 13.7. The smallest absolute Gasteiger partial charge is 0.311 e. The number of aliphatic hydroxyl groups excluding tert-OH is 1. The van der Waals surface area contributed by atoms with Crippen LogP contribution < -0.4 is 4.90 Å². The molecule has 1 heterocycles. The van der Waals surface area contributed by atoms with E-state index >= 15 is 0 Å². The maximum absolute atomic E-state index is 13.7. The van der Waals surface area contributed by atoms with E-state index in [1.807, 2.05) is 0 Å². The van der Waals surface area contributed by atoms with Crippen LogP contribution in [0.2, 0.25) is 0 Å². The van der Waals surface area contributed by atoms with Gasteiger partial charge in [0.15, 0.2) is 17.3 Å². The van der Waals surface area contributed by atoms with Crippen LogP contribution in [0.25, 0.3) is 0 Å². The molecule has 1 unspecified atom stereocenters. The molecule has 0 spiro atoms. The molecule has 0 bridgehead atoms. The molecule has 0 fully saturated rings. The fraction of sp³-hybridized carbons (Fsp3) is 0.158. The number of carbonyl (C=O) groups excluding carboxylic acids is 2. The largest absolute Gasteiger partial charge is 0.503 e. The SMILES string of the molecule is CCC(=O)C1=C(O)C(=O)N(c2cccc(F)c2)C1c1ccc(O)c([N+](=O)[O-])c1. The predicted molar refractivity (Wildman–Crippen MR) is 96.3 cm³/mol. The number of aliphatic hydroxyl groups is 1. The summed E-state index contributed by atoms with van der Waals surface area (Å²) in [6, 6.07) is 7.14. The Bertz CT molecular complexity index is 1030. The summed E-state index contributed by atoms with van der Waals surface area (Å²) in [6.07, 6.45) is -0.0274. The summed E-state index contributed by atoms with van der Waals surface area (Å²) in [5, 5.41) is 31.2. The lowest BCUT2D eigenvalue weighted by atomic mass is 9.94. The monoisotopic (exact) mass is 386 g/mol. The highest BCUT2D eigenvalue weighted by Crippen LogP contribution is 2.43. The molecule has 0 aromatic heterocycles. The van der Waals surface area contributed by atoms with Crippen LogP contribution in [-0.4, -0.2) is 26.8 Å². The number of phenolic OH excluding ortho intramolecular Hbond substituents is 1. The van der Waals surface area contributed by atoms with Crippen LogP contribution in [0.4, 0.5) is 15.8 Å². The van der Waals surface area contributed by atoms with E-state index in [9.17, 15) is 34.3 Å². The zero-order valence-corrected chi connectivity index (χ0v) is 14.6. The first kappa shape index (κ1) is 19.0. The number of amides is 1. The van der Waals surface area contributed by atoms with E-state index in [1.165, 1.54) is 25.1 Å². The fourth-order valence-corrected chi connectivity index (χ4v) is 3.14. The van der Waals surface area contributed by atoms with Gasteiger partial charge < -0.3 is 10.2 Å². The van der Waals surface area contributed by atoms with Crippen molar-refractivity contribution >= 4 is 23.1 Å². The summed E-state index contributed by atoms with van der Waals surface area (Å²) < 4.78 is 13.7. The molecule has 1 atom stereocenters. The molecular formula is C19H15FN2O6. The van der Waals surface area contributed by atoms with Crippen LogP contribution in [0.3, 0.4) is 0 Å². The van der Waals surface area contributed by atoms with Crippen molar-refractivity contribution in [3.05, 3.63) is 75.3 Å². The molecule has 1 aliphatic heterocycles. The molecular weight excluding hydrogens is 371 g/mol. The summed E-state index contributed by atoms with van der Waals surface area (Å²) >= 11 is 0. The Hall–Kier alpha value is -3.75. The normalized spacial score (nSPS) is 16.6. The Morgan fingerprint density at radius 2 is 1.96 bits per heavy atom. The third-order valence-electron chi connectivity index (χ3n) is 4.43. The van der Waals surface area contributed by atoms with E-state index in [0.717, 1.165) is 29.2 Å². The van der Waals surface area contributed by atoms with Crippen LogP contribution in [0, 0.1) is 15.9 Å². The van der Waals surface area contributed by atoms with Crippen molar-refractivity contribution in [1.82, 2.24) is 0 Å². The number of phenols is 1. The molecule has 2 N–H and O–H groups in total. The first-order chi connectivity index (χ1) is 13.3. The number of aromatic hydroxyl groups is 1. The standard InChI is InChI=1S/C19H15FN2O6/c1-2-14(23)16-17(10-6-7-15(24)13(8-10)22(27)28)21(19(26)18(16)25)12-5-3-4-11(20)9-12/h3-9,17,24-25H,2H2,1H3. The van der Waals surface area contributed by atoms with E-state index in [0.29, 0.717) is 0 Å². The van der Waals surface area contributed by atoms with Crippen molar-refractivity contribution < 1.29 is 29.1 Å². The van der Waals surface area contributed by atoms with Gasteiger partial charge in [0, 0.05) is 18.2 Å². The minimum Gasteiger partial charge on any atom is -0.503 e. The van der Waals surface area contributed by atoms with Crippen LogP contribution in [0.1, 0.15) is 24.9 Å². The lowest BCUT2D eigenvalue weighted by Gasteiger charge is -2.26. The second kappa shape index (κ2) is 7.10. The van der Waals surface area contributed by atoms with Crippen LogP contribution >= 0.6 is 0 Å². The number of nitro benzene ring substituents is 1. The van der Waals surface area contributed by atoms with E-state index < -0.39 is 45.7 Å². The Morgan fingerprint density at radius 3 is 2.57 bits per heavy atom. The summed E-state index contributed by atoms with van der Waals surface area (Å²) in [7, 11) is 0. The fourth-order valence-electron chi connectivity index (χ4n) is 3.14. The maximum Gasteiger partial charge on any atom is 0.311 e. The average Bonchev–Trinajstić information content (AvgIpc) is 2.92. The average molecular weight is 386 g/mol. The molecule has 8 nitrogen and oxygen atoms in total. The molecule has 9 heteroatoms. The van der Waals surface area contributed by atoms with Gasteiger partial charge in [0.25, 0.3) is 5.91 Å². The minimum atomic E-state index is -1.21. The van der Waals surface area contributed by atoms with Gasteiger partial charge in [0.1, 0.15) is 5.82 Å². The van der Waals surface area contributed by atoms with Crippen molar-refractivity contribution in [3.63, 3.8) is 0 Å². The number of nitro groups is 1. The summed E-state index contributed by atoms with van der Waals surface area (Å²) in [4.78, 5) is 36.5. The Labute approximate surface area is 158 Å². The first-order valence-corrected chi connectivity index (χ1v) is 8.29. The third-order valence-corrected chi connectivity index (χ3v) is 4.43. The number of carbonyl (C=O) groups is 2. The Balaban J connectivity index is 2.24. The Morgan fingerprint density at radius 1 is 1.25 bits per heavy atom. The first-order valence-electron chi connectivity index (χ1n) is 8.29. The van der Waals surface area contributed by atoms with Crippen LogP contribution in [0.15, 0.2) is 53.8 Å². The third kappa shape index (κ3) is 3.07. The number of nitrogens with zero attached hydrogens (tertiary/aromatic N) is 2. The number of ketones is 1. The molecule has 0 aliphatic carbocycles. The van der Waals surface area contributed by atoms with Gasteiger partial charge in [0.2, 0.25) is 0 Å². The number of hydrogen-bond donors (Lipinski definition) is 2. The molecule has 0 saturated heterocycles. The number of halogens is 1. The summed E-state index contributed by atoms with van der Waals surface area (Å²) in [6.45, 7) is 1.54. The number of hydrogen-bond acceptors (Lipinski definition) is 6. The highest BCUT2D eigenvalue weighted by atomic mass is 19.1. The second-order valence-corrected chi connectivity index (χ2v) is 6.10. The Kier molecular flexibility index (Phi) is 4.83. The number of Topliss-reactive ketones (excluding diaryl/α,β-unsaturated/α-hetero) is 1. The van der Waals surface area contributed by atoms with Gasteiger partial charge in [-0.2, -0.15) is 0 Å². The molecule has 28 heavy (non-hydrogen) atoms. The van der Waals surface area contributed by atoms with E-state index in [4.69, 9.17) is 0 Å². The predicted octanol–water partition coefficient (Wildman–Crippen LogP) is 3.32. The van der Waals surface area contributed by atoms with Gasteiger partial charge in [-0.15, -0.1) is 0 Å². The zero-order valence-electron chi connectivity index (χ0n) is 14.6. The molecule has 2 aromatic rings. The van der Waals surface area contributed by atoms with Gasteiger partial charge in [-0.1, -0.05) is 19.1 Å². The lowest BCUT2D eigenvalue weighted by Crippen LogP contribution is -2.31. The number of anilines is 1. The second-order valence-electron chi connectivity index (χ2n) is 6.10. The highest BCUT2D eigenvalue weighted by molar-refractivity contribution is 6.16. The summed E-state index contributed by atoms with van der Waals surface area (Å²) in [5.74, 6) is -3.49. The van der Waals surface area contributed by atoms with Crippen molar-refractivity contribution in [1.29, 1.82) is 0 Å². The molecule has 0 radical (unpaired) electrons. The van der Waals surface area contributed by atoms with Gasteiger partial charge in [-0.05, 0) is 29.8 Å². The van der Waals surface area contributed by atoms with E-state index in [-0.39, 0.29) is 23.2 Å². The van der Waals surface area contributed by atoms with Crippen LogP contribution in [-0.2, 0) is 9.59 Å². The van der Waals surface area contributed by atoms with E-state index in [1.54, 1.807) is 0 Å². The zero-order chi connectivity index (χ0) is 20.6. The molecule has 1 amide bonds. The molecule has 1 aliphatic rings. The minimum absolute atomic E-state index is 0.0274. The summed E-state index contributed by atoms with van der Waals surface area (Å²) in [5.41, 5.74) is -0.685. The molecule has 3 rings (SSSR count). The van der Waals surface area contributed by atoms with Crippen molar-refractivity contribution in [2.45, 2.75) is 19.4 Å². The molecule has 2 aromatic carbocycles. The topological polar surface area (TPSA) is 121 Å². The lowest BCUT2D eigenvalue weighted by molar-refractivity contribution is -0.385.